The highest BCUT2D eigenvalue weighted by Gasteiger charge is 2.31. The monoisotopic (exact) mass is 151 g/mol. The van der Waals surface area contributed by atoms with Gasteiger partial charge in [0, 0.05) is 6.04 Å². The van der Waals surface area contributed by atoms with Crippen molar-refractivity contribution in [2.45, 2.75) is 32.2 Å². The molecule has 2 rings (SSSR count). The number of carbonyl (C=O) groups is 1. The molecule has 0 radical (unpaired) electrons. The summed E-state index contributed by atoms with van der Waals surface area (Å²) >= 11 is 0. The molecule has 2 aliphatic rings. The standard InChI is InChI=1S/C9H13NO/c1-6-5-7-3-2-4-8(7)9(11)10-6/h5-6,8H,2-4H2,1H3,(H,10,11)/t6-,8+/m0/s1. The highest BCUT2D eigenvalue weighted by molar-refractivity contribution is 5.83. The van der Waals surface area contributed by atoms with Crippen LogP contribution in [0.15, 0.2) is 11.6 Å². The fraction of sp³-hybridized carbons (Fsp3) is 0.667. The fourth-order valence-corrected chi connectivity index (χ4v) is 2.06. The lowest BCUT2D eigenvalue weighted by Gasteiger charge is -2.22. The molecule has 1 amide bonds. The maximum Gasteiger partial charge on any atom is 0.227 e. The van der Waals surface area contributed by atoms with Crippen molar-refractivity contribution in [3.05, 3.63) is 11.6 Å². The van der Waals surface area contributed by atoms with Gasteiger partial charge in [-0.3, -0.25) is 4.79 Å². The van der Waals surface area contributed by atoms with Gasteiger partial charge in [-0.2, -0.15) is 0 Å². The van der Waals surface area contributed by atoms with Gasteiger partial charge in [0.25, 0.3) is 0 Å². The van der Waals surface area contributed by atoms with Crippen molar-refractivity contribution >= 4 is 5.91 Å². The van der Waals surface area contributed by atoms with E-state index in [0.717, 1.165) is 12.8 Å². The number of rotatable bonds is 0. The van der Waals surface area contributed by atoms with Crippen LogP contribution in [-0.2, 0) is 4.79 Å². The average molecular weight is 151 g/mol. The SMILES string of the molecule is C[C@H]1C=C2CCC[C@H]2C(=O)N1. The fourth-order valence-electron chi connectivity index (χ4n) is 2.06. The minimum absolute atomic E-state index is 0.228. The molecule has 60 valence electrons. The molecule has 0 saturated heterocycles. The van der Waals surface area contributed by atoms with Crippen LogP contribution in [0.1, 0.15) is 26.2 Å². The summed E-state index contributed by atoms with van der Waals surface area (Å²) in [6, 6.07) is 0.256. The first-order chi connectivity index (χ1) is 5.27. The number of fused-ring (bicyclic) bond motifs is 1. The first-order valence-corrected chi connectivity index (χ1v) is 4.28. The third kappa shape index (κ3) is 1.06. The van der Waals surface area contributed by atoms with E-state index in [2.05, 4.69) is 11.4 Å². The zero-order valence-corrected chi connectivity index (χ0v) is 6.76. The minimum atomic E-state index is 0.228. The number of hydrogen-bond acceptors (Lipinski definition) is 1. The topological polar surface area (TPSA) is 29.1 Å². The van der Waals surface area contributed by atoms with Gasteiger partial charge in [0.05, 0.1) is 5.92 Å². The first kappa shape index (κ1) is 6.89. The lowest BCUT2D eigenvalue weighted by atomic mass is 9.96. The molecule has 1 heterocycles. The third-order valence-electron chi connectivity index (χ3n) is 2.56. The summed E-state index contributed by atoms with van der Waals surface area (Å²) in [5.74, 6) is 0.471. The Kier molecular flexibility index (Phi) is 1.48. The van der Waals surface area contributed by atoms with Gasteiger partial charge < -0.3 is 5.32 Å². The van der Waals surface area contributed by atoms with E-state index in [1.165, 1.54) is 12.0 Å². The molecule has 1 N–H and O–H groups in total. The van der Waals surface area contributed by atoms with Crippen molar-refractivity contribution in [3.8, 4) is 0 Å². The summed E-state index contributed by atoms with van der Waals surface area (Å²) in [6.45, 7) is 2.03. The van der Waals surface area contributed by atoms with E-state index in [0.29, 0.717) is 0 Å². The minimum Gasteiger partial charge on any atom is -0.350 e. The van der Waals surface area contributed by atoms with Crippen LogP contribution in [0.25, 0.3) is 0 Å². The highest BCUT2D eigenvalue weighted by atomic mass is 16.2. The molecule has 0 aromatic rings. The summed E-state index contributed by atoms with van der Waals surface area (Å²) in [5.41, 5.74) is 1.38. The van der Waals surface area contributed by atoms with E-state index in [4.69, 9.17) is 0 Å². The molecular formula is C9H13NO. The van der Waals surface area contributed by atoms with Crippen molar-refractivity contribution in [3.63, 3.8) is 0 Å². The molecule has 1 aliphatic carbocycles. The molecule has 0 aromatic carbocycles. The quantitative estimate of drug-likeness (QED) is 0.518. The Hall–Kier alpha value is -0.790. The molecule has 2 atom stereocenters. The van der Waals surface area contributed by atoms with Gasteiger partial charge in [0.15, 0.2) is 0 Å². The van der Waals surface area contributed by atoms with Gasteiger partial charge in [0.1, 0.15) is 0 Å². The van der Waals surface area contributed by atoms with E-state index >= 15 is 0 Å². The Morgan fingerprint density at radius 3 is 3.27 bits per heavy atom. The Morgan fingerprint density at radius 1 is 1.64 bits per heavy atom. The van der Waals surface area contributed by atoms with Crippen LogP contribution in [0.2, 0.25) is 0 Å². The lowest BCUT2D eigenvalue weighted by Crippen LogP contribution is -2.39. The van der Waals surface area contributed by atoms with Gasteiger partial charge >= 0.3 is 0 Å². The Morgan fingerprint density at radius 2 is 2.45 bits per heavy atom. The number of nitrogens with one attached hydrogen (secondary N) is 1. The number of amides is 1. The summed E-state index contributed by atoms with van der Waals surface area (Å²) in [4.78, 5) is 11.3. The molecule has 0 aromatic heterocycles. The summed E-state index contributed by atoms with van der Waals surface area (Å²) in [7, 11) is 0. The second-order valence-corrected chi connectivity index (χ2v) is 3.48. The predicted molar refractivity (Wildman–Crippen MR) is 43.0 cm³/mol. The first-order valence-electron chi connectivity index (χ1n) is 4.28. The van der Waals surface area contributed by atoms with Crippen LogP contribution in [0.3, 0.4) is 0 Å². The average Bonchev–Trinajstić information content (AvgIpc) is 2.34. The predicted octanol–water partition coefficient (Wildman–Crippen LogP) is 1.23. The molecule has 1 saturated carbocycles. The van der Waals surface area contributed by atoms with Crippen LogP contribution >= 0.6 is 0 Å². The van der Waals surface area contributed by atoms with Gasteiger partial charge in [-0.25, -0.2) is 0 Å². The zero-order valence-electron chi connectivity index (χ0n) is 6.76. The molecule has 0 unspecified atom stereocenters. The number of hydrogen-bond donors (Lipinski definition) is 1. The second kappa shape index (κ2) is 2.36. The van der Waals surface area contributed by atoms with E-state index in [-0.39, 0.29) is 17.9 Å². The van der Waals surface area contributed by atoms with E-state index in [1.807, 2.05) is 6.92 Å². The van der Waals surface area contributed by atoms with Crippen LogP contribution in [0.5, 0.6) is 0 Å². The normalized spacial score (nSPS) is 36.1. The smallest absolute Gasteiger partial charge is 0.227 e. The Labute approximate surface area is 66.7 Å². The van der Waals surface area contributed by atoms with Gasteiger partial charge in [-0.1, -0.05) is 11.6 Å². The van der Waals surface area contributed by atoms with Crippen molar-refractivity contribution in [2.75, 3.05) is 0 Å². The largest absolute Gasteiger partial charge is 0.350 e. The van der Waals surface area contributed by atoms with Crippen LogP contribution < -0.4 is 5.32 Å². The van der Waals surface area contributed by atoms with Crippen molar-refractivity contribution in [1.29, 1.82) is 0 Å². The molecule has 0 bridgehead atoms. The maximum atomic E-state index is 11.3. The zero-order chi connectivity index (χ0) is 7.84. The van der Waals surface area contributed by atoms with Crippen molar-refractivity contribution < 1.29 is 4.79 Å². The third-order valence-corrected chi connectivity index (χ3v) is 2.56. The van der Waals surface area contributed by atoms with E-state index in [1.54, 1.807) is 0 Å². The maximum absolute atomic E-state index is 11.3. The molecule has 1 aliphatic heterocycles. The van der Waals surface area contributed by atoms with Gasteiger partial charge in [-0.15, -0.1) is 0 Å². The van der Waals surface area contributed by atoms with Gasteiger partial charge in [-0.05, 0) is 26.2 Å². The van der Waals surface area contributed by atoms with E-state index in [9.17, 15) is 4.79 Å². The molecule has 0 spiro atoms. The summed E-state index contributed by atoms with van der Waals surface area (Å²) in [5, 5.41) is 2.94. The van der Waals surface area contributed by atoms with Crippen LogP contribution in [0.4, 0.5) is 0 Å². The lowest BCUT2D eigenvalue weighted by molar-refractivity contribution is -0.124. The number of carbonyl (C=O) groups excluding carboxylic acids is 1. The Bertz CT molecular complexity index is 220. The van der Waals surface area contributed by atoms with Crippen molar-refractivity contribution in [1.82, 2.24) is 5.32 Å². The molecule has 2 nitrogen and oxygen atoms in total. The summed E-state index contributed by atoms with van der Waals surface area (Å²) in [6.07, 6.45) is 5.60. The highest BCUT2D eigenvalue weighted by Crippen LogP contribution is 2.33. The Balaban J connectivity index is 2.27. The van der Waals surface area contributed by atoms with Gasteiger partial charge in [0.2, 0.25) is 5.91 Å². The van der Waals surface area contributed by atoms with Crippen LogP contribution in [-0.4, -0.2) is 11.9 Å². The molecule has 1 fully saturated rings. The summed E-state index contributed by atoms with van der Waals surface area (Å²) < 4.78 is 0. The second-order valence-electron chi connectivity index (χ2n) is 3.48. The van der Waals surface area contributed by atoms with E-state index < -0.39 is 0 Å². The van der Waals surface area contributed by atoms with Crippen LogP contribution in [0, 0.1) is 5.92 Å². The molecule has 11 heavy (non-hydrogen) atoms. The molecule has 2 heteroatoms. The molecular weight excluding hydrogens is 138 g/mol. The van der Waals surface area contributed by atoms with Crippen molar-refractivity contribution in [2.24, 2.45) is 5.92 Å².